The van der Waals surface area contributed by atoms with Gasteiger partial charge in [-0.1, -0.05) is 174 Å². The second kappa shape index (κ2) is 37.3. The average molecular weight is 791 g/mol. The van der Waals surface area contributed by atoms with Gasteiger partial charge in [-0.15, -0.1) is 0 Å². The van der Waals surface area contributed by atoms with Gasteiger partial charge in [0, 0.05) is 12.8 Å². The van der Waals surface area contributed by atoms with Crippen molar-refractivity contribution >= 4 is 19.8 Å². The molecule has 0 bridgehead atoms. The van der Waals surface area contributed by atoms with E-state index in [1.807, 2.05) is 6.08 Å². The van der Waals surface area contributed by atoms with Gasteiger partial charge in [-0.05, 0) is 44.4 Å². The number of ether oxygens (including phenoxy) is 2. The number of hydrogen-bond donors (Lipinski definition) is 4. The normalized spacial score (nSPS) is 13.8. The molecule has 0 aliphatic heterocycles. The molecule has 0 aliphatic rings. The third kappa shape index (κ3) is 39.0. The number of carbonyl (C=O) groups is 2. The molecule has 0 aromatic carbocycles. The first-order valence-corrected chi connectivity index (χ1v) is 23.5. The van der Waals surface area contributed by atoms with Gasteiger partial charge in [0.15, 0.2) is 6.10 Å². The molecule has 0 spiro atoms. The van der Waals surface area contributed by atoms with Crippen molar-refractivity contribution in [1.82, 2.24) is 0 Å². The molecule has 0 heterocycles. The Morgan fingerprint density at radius 3 is 1.52 bits per heavy atom. The molecule has 54 heavy (non-hydrogen) atoms. The second-order valence-electron chi connectivity index (χ2n) is 15.8. The highest BCUT2D eigenvalue weighted by Gasteiger charge is 2.23. The van der Waals surface area contributed by atoms with Crippen LogP contribution in [0.3, 0.4) is 0 Å². The first kappa shape index (κ1) is 52.7. The van der Waals surface area contributed by atoms with Gasteiger partial charge in [0.2, 0.25) is 0 Å². The van der Waals surface area contributed by atoms with Gasteiger partial charge in [-0.2, -0.15) is 0 Å². The predicted octanol–water partition coefficient (Wildman–Crippen LogP) is 11.2. The SMILES string of the molecule is CCCCC/C=C\C[C@@H](O)[C@H](O)CCCCCCCC(=O)OC[C@H](COP(=O)(O)O)OC(=O)CCCCCCCCCCCCCCCCCCC(C)C. The number of aliphatic hydroxyl groups is 2. The van der Waals surface area contributed by atoms with Crippen LogP contribution in [0.4, 0.5) is 0 Å². The van der Waals surface area contributed by atoms with Crippen molar-refractivity contribution in [3.63, 3.8) is 0 Å². The zero-order valence-corrected chi connectivity index (χ0v) is 35.7. The topological polar surface area (TPSA) is 160 Å². The van der Waals surface area contributed by atoms with Crippen LogP contribution in [0.2, 0.25) is 0 Å². The number of unbranched alkanes of at least 4 members (excludes halogenated alkanes) is 22. The highest BCUT2D eigenvalue weighted by atomic mass is 31.2. The van der Waals surface area contributed by atoms with E-state index in [2.05, 4.69) is 31.4 Å². The molecule has 0 radical (unpaired) electrons. The maximum absolute atomic E-state index is 12.4. The van der Waals surface area contributed by atoms with E-state index < -0.39 is 44.7 Å². The molecule has 0 saturated heterocycles. The molecule has 3 atom stereocenters. The Balaban J connectivity index is 3.97. The second-order valence-corrected chi connectivity index (χ2v) is 17.1. The van der Waals surface area contributed by atoms with Crippen LogP contribution in [0.1, 0.15) is 213 Å². The number of esters is 2. The van der Waals surface area contributed by atoms with Crippen LogP contribution in [0.25, 0.3) is 0 Å². The first-order chi connectivity index (χ1) is 25.9. The van der Waals surface area contributed by atoms with Gasteiger partial charge in [0.1, 0.15) is 6.61 Å². The maximum Gasteiger partial charge on any atom is 0.469 e. The molecule has 320 valence electrons. The predicted molar refractivity (Wildman–Crippen MR) is 219 cm³/mol. The summed E-state index contributed by atoms with van der Waals surface area (Å²) in [6.45, 7) is 5.86. The first-order valence-electron chi connectivity index (χ1n) is 22.0. The van der Waals surface area contributed by atoms with Crippen molar-refractivity contribution in [2.75, 3.05) is 13.2 Å². The molecule has 0 aliphatic carbocycles. The lowest BCUT2D eigenvalue weighted by Gasteiger charge is -2.18. The van der Waals surface area contributed by atoms with E-state index in [0.29, 0.717) is 25.7 Å². The number of allylic oxidation sites excluding steroid dienone is 1. The molecular weight excluding hydrogens is 707 g/mol. The van der Waals surface area contributed by atoms with Gasteiger partial charge in [-0.25, -0.2) is 4.57 Å². The average Bonchev–Trinajstić information content (AvgIpc) is 3.12. The summed E-state index contributed by atoms with van der Waals surface area (Å²) in [7, 11) is -4.79. The molecule has 0 amide bonds. The summed E-state index contributed by atoms with van der Waals surface area (Å²) in [5.74, 6) is -0.153. The number of rotatable bonds is 40. The molecule has 4 N–H and O–H groups in total. The lowest BCUT2D eigenvalue weighted by Crippen LogP contribution is -2.29. The Bertz CT molecular complexity index is 937. The standard InChI is InChI=1S/C43H83O10P/c1-4-5-6-7-22-27-32-40(44)41(45)33-28-23-20-25-29-34-42(46)51-36-39(37-52-54(48,49)50)53-43(47)35-30-24-19-17-15-13-11-9-8-10-12-14-16-18-21-26-31-38(2)3/h22,27,38-41,44-45H,4-21,23-26,28-37H2,1-3H3,(H2,48,49,50)/b27-22-/t39-,40-,41-/m1/s1. The Morgan fingerprint density at radius 2 is 1.04 bits per heavy atom. The fourth-order valence-corrected chi connectivity index (χ4v) is 6.82. The number of phosphoric ester groups is 1. The number of phosphoric acid groups is 1. The molecule has 0 fully saturated rings. The fraction of sp³-hybridized carbons (Fsp3) is 0.907. The van der Waals surface area contributed by atoms with E-state index >= 15 is 0 Å². The monoisotopic (exact) mass is 791 g/mol. The Morgan fingerprint density at radius 1 is 0.574 bits per heavy atom. The van der Waals surface area contributed by atoms with E-state index in [-0.39, 0.29) is 19.4 Å². The zero-order chi connectivity index (χ0) is 40.1. The third-order valence-corrected chi connectivity index (χ3v) is 10.4. The number of carbonyl (C=O) groups excluding carboxylic acids is 2. The minimum atomic E-state index is -4.79. The smallest absolute Gasteiger partial charge is 0.462 e. The molecule has 0 unspecified atom stereocenters. The lowest BCUT2D eigenvalue weighted by molar-refractivity contribution is -0.161. The molecular formula is C43H83O10P. The highest BCUT2D eigenvalue weighted by Crippen LogP contribution is 2.36. The summed E-state index contributed by atoms with van der Waals surface area (Å²) in [5.41, 5.74) is 0. The third-order valence-electron chi connectivity index (χ3n) is 9.91. The van der Waals surface area contributed by atoms with Crippen LogP contribution < -0.4 is 0 Å². The van der Waals surface area contributed by atoms with Crippen LogP contribution in [-0.4, -0.2) is 63.5 Å². The Labute approximate surface area is 330 Å². The van der Waals surface area contributed by atoms with Crippen molar-refractivity contribution in [2.45, 2.75) is 232 Å². The number of hydrogen-bond acceptors (Lipinski definition) is 8. The van der Waals surface area contributed by atoms with Crippen molar-refractivity contribution in [3.8, 4) is 0 Å². The molecule has 11 heteroatoms. The quantitative estimate of drug-likeness (QED) is 0.0204. The largest absolute Gasteiger partial charge is 0.469 e. The summed E-state index contributed by atoms with van der Waals surface area (Å²) in [4.78, 5) is 42.9. The minimum Gasteiger partial charge on any atom is -0.462 e. The summed E-state index contributed by atoms with van der Waals surface area (Å²) >= 11 is 0. The van der Waals surface area contributed by atoms with Crippen molar-refractivity contribution in [1.29, 1.82) is 0 Å². The van der Waals surface area contributed by atoms with Crippen LogP contribution in [0.5, 0.6) is 0 Å². The number of aliphatic hydroxyl groups excluding tert-OH is 2. The van der Waals surface area contributed by atoms with Crippen LogP contribution in [0, 0.1) is 5.92 Å². The summed E-state index contributed by atoms with van der Waals surface area (Å²) in [6, 6.07) is 0. The molecule has 0 saturated carbocycles. The van der Waals surface area contributed by atoms with Gasteiger partial charge < -0.3 is 29.5 Å². The molecule has 0 aromatic heterocycles. The van der Waals surface area contributed by atoms with Crippen molar-refractivity contribution < 1.29 is 48.2 Å². The van der Waals surface area contributed by atoms with Gasteiger partial charge in [-0.3, -0.25) is 14.1 Å². The summed E-state index contributed by atoms with van der Waals surface area (Å²) in [6.07, 6.45) is 32.4. The van der Waals surface area contributed by atoms with Crippen LogP contribution in [-0.2, 0) is 28.2 Å². The van der Waals surface area contributed by atoms with Crippen LogP contribution >= 0.6 is 7.82 Å². The van der Waals surface area contributed by atoms with Crippen LogP contribution in [0.15, 0.2) is 12.2 Å². The highest BCUT2D eigenvalue weighted by molar-refractivity contribution is 7.46. The summed E-state index contributed by atoms with van der Waals surface area (Å²) < 4.78 is 26.4. The molecule has 10 nitrogen and oxygen atoms in total. The Kier molecular flexibility index (Phi) is 36.4. The van der Waals surface area contributed by atoms with Crippen molar-refractivity contribution in [3.05, 3.63) is 12.2 Å². The lowest BCUT2D eigenvalue weighted by atomic mass is 10.0. The molecule has 0 rings (SSSR count). The fourth-order valence-electron chi connectivity index (χ4n) is 6.46. The minimum absolute atomic E-state index is 0.171. The van der Waals surface area contributed by atoms with E-state index in [1.54, 1.807) is 0 Å². The van der Waals surface area contributed by atoms with Gasteiger partial charge >= 0.3 is 19.8 Å². The zero-order valence-electron chi connectivity index (χ0n) is 34.8. The maximum atomic E-state index is 12.4. The van der Waals surface area contributed by atoms with E-state index in [4.69, 9.17) is 19.3 Å². The van der Waals surface area contributed by atoms with E-state index in [9.17, 15) is 24.4 Å². The van der Waals surface area contributed by atoms with Gasteiger partial charge in [0.05, 0.1) is 18.8 Å². The van der Waals surface area contributed by atoms with Gasteiger partial charge in [0.25, 0.3) is 0 Å². The van der Waals surface area contributed by atoms with E-state index in [0.717, 1.165) is 63.7 Å². The molecule has 0 aromatic rings. The van der Waals surface area contributed by atoms with E-state index in [1.165, 1.54) is 96.3 Å². The van der Waals surface area contributed by atoms with Crippen molar-refractivity contribution in [2.24, 2.45) is 5.92 Å². The summed E-state index contributed by atoms with van der Waals surface area (Å²) in [5, 5.41) is 20.3. The Hall–Kier alpha value is -1.29.